The van der Waals surface area contributed by atoms with Crippen LogP contribution < -0.4 is 35.3 Å². The summed E-state index contributed by atoms with van der Waals surface area (Å²) in [6.07, 6.45) is 0. The van der Waals surface area contributed by atoms with Crippen molar-refractivity contribution in [3.63, 3.8) is 0 Å². The quantitative estimate of drug-likeness (QED) is 0.546. The van der Waals surface area contributed by atoms with Gasteiger partial charge in [-0.05, 0) is 20.8 Å². The molecule has 0 amide bonds. The Labute approximate surface area is 144 Å². The first-order chi connectivity index (χ1) is 7.91. The number of hydrogen-bond donors (Lipinski definition) is 1. The van der Waals surface area contributed by atoms with E-state index in [-0.39, 0.29) is 43.5 Å². The van der Waals surface area contributed by atoms with Gasteiger partial charge in [0.25, 0.3) is 17.9 Å². The number of nitrogens with two attached hydrogens (primary N) is 1. The van der Waals surface area contributed by atoms with E-state index in [2.05, 4.69) is 14.0 Å². The summed E-state index contributed by atoms with van der Waals surface area (Å²) in [7, 11) is -2.41. The van der Waals surface area contributed by atoms with Crippen LogP contribution in [-0.2, 0) is 28.3 Å². The van der Waals surface area contributed by atoms with Crippen molar-refractivity contribution < 1.29 is 57.9 Å². The second kappa shape index (κ2) is 13.5. The van der Waals surface area contributed by atoms with Gasteiger partial charge in [-0.25, -0.2) is 0 Å². The van der Waals surface area contributed by atoms with Crippen LogP contribution >= 0.6 is 0 Å². The molecule has 0 unspecified atom stereocenters. The summed E-state index contributed by atoms with van der Waals surface area (Å²) < 4.78 is 13.3. The molecule has 0 rings (SSSR count). The molecule has 0 bridgehead atoms. The largest absolute Gasteiger partial charge is 1.00 e. The van der Waals surface area contributed by atoms with Crippen LogP contribution in [0.4, 0.5) is 0 Å². The van der Waals surface area contributed by atoms with Gasteiger partial charge in [-0.15, -0.1) is 0 Å². The van der Waals surface area contributed by atoms with Gasteiger partial charge >= 0.3 is 36.9 Å². The average molecular weight is 296 g/mol. The Kier molecular flexibility index (Phi) is 18.7. The molecule has 10 heteroatoms. The summed E-state index contributed by atoms with van der Waals surface area (Å²) >= 11 is 0. The third-order valence-electron chi connectivity index (χ3n) is 0.963. The normalized spacial score (nSPS) is 9.00. The third-order valence-corrected chi connectivity index (χ3v) is 0.963. The molecule has 0 aromatic heterocycles. The number of carbonyl (C=O) groups excluding carboxylic acids is 3. The van der Waals surface area contributed by atoms with Crippen LogP contribution in [0, 0.1) is 0 Å². The SMILES string of the molecule is CC(=O)O[BH-](OC(C)=O)OC(C)=O.CC(C)(C)N.[B].[Na+]. The molecule has 0 aliphatic rings. The second-order valence-corrected chi connectivity index (χ2v) is 4.63. The first-order valence-electron chi connectivity index (χ1n) is 5.38. The molecule has 0 atom stereocenters. The summed E-state index contributed by atoms with van der Waals surface area (Å²) in [5, 5.41) is 0. The summed E-state index contributed by atoms with van der Waals surface area (Å²) in [6.45, 7) is 9.25. The smallest absolute Gasteiger partial charge is 0.625 e. The Morgan fingerprint density at radius 1 is 0.850 bits per heavy atom. The fraction of sp³-hybridized carbons (Fsp3) is 0.700. The Hall–Kier alpha value is -0.500. The standard InChI is InChI=1S/C6H10BO6.C4H11N.B.Na/c1-4(8)11-7(12-5(2)9)13-6(3)10;1-4(2,3)5;;/h7H,1-3H3;5H2,1-3H3;;/q-1;;;+1. The van der Waals surface area contributed by atoms with Gasteiger partial charge in [-0.2, -0.15) is 0 Å². The topological polar surface area (TPSA) is 105 Å². The van der Waals surface area contributed by atoms with Gasteiger partial charge in [0.05, 0.1) is 0 Å². The number of carbonyl (C=O) groups is 3. The zero-order valence-corrected chi connectivity index (χ0v) is 15.3. The molecule has 0 saturated heterocycles. The Morgan fingerprint density at radius 2 is 1.00 bits per heavy atom. The van der Waals surface area contributed by atoms with E-state index < -0.39 is 25.2 Å². The van der Waals surface area contributed by atoms with Crippen molar-refractivity contribution >= 4 is 33.6 Å². The predicted octanol–water partition coefficient (Wildman–Crippen LogP) is -3.24. The van der Waals surface area contributed by atoms with Gasteiger partial charge in [0.2, 0.25) is 0 Å². The summed E-state index contributed by atoms with van der Waals surface area (Å²) in [4.78, 5) is 31.3. The van der Waals surface area contributed by atoms with Gasteiger partial charge in [0.1, 0.15) is 0 Å². The first kappa shape index (κ1) is 27.8. The summed E-state index contributed by atoms with van der Waals surface area (Å²) in [5.74, 6) is -2.03. The minimum absolute atomic E-state index is 0. The molecular formula is C10H21B2NNaO6. The average Bonchev–Trinajstić information content (AvgIpc) is 1.94. The van der Waals surface area contributed by atoms with Crippen molar-refractivity contribution in [2.24, 2.45) is 5.73 Å². The van der Waals surface area contributed by atoms with Crippen molar-refractivity contribution in [2.45, 2.75) is 47.1 Å². The van der Waals surface area contributed by atoms with Crippen LogP contribution in [0.5, 0.6) is 0 Å². The Bertz CT molecular complexity index is 265. The molecular weight excluding hydrogens is 275 g/mol. The van der Waals surface area contributed by atoms with E-state index >= 15 is 0 Å². The van der Waals surface area contributed by atoms with Crippen molar-refractivity contribution in [1.82, 2.24) is 0 Å². The molecule has 2 N–H and O–H groups in total. The van der Waals surface area contributed by atoms with Gasteiger partial charge in [0.15, 0.2) is 0 Å². The second-order valence-electron chi connectivity index (χ2n) is 4.63. The molecule has 0 saturated carbocycles. The molecule has 0 aliphatic carbocycles. The fourth-order valence-electron chi connectivity index (χ4n) is 0.586. The minimum atomic E-state index is -2.41. The Morgan fingerprint density at radius 3 is 1.10 bits per heavy atom. The number of hydrogen-bond acceptors (Lipinski definition) is 7. The Balaban J connectivity index is -0.000000158. The molecule has 0 aromatic rings. The molecule has 20 heavy (non-hydrogen) atoms. The van der Waals surface area contributed by atoms with Crippen molar-refractivity contribution in [1.29, 1.82) is 0 Å². The van der Waals surface area contributed by atoms with Crippen LogP contribution in [0.25, 0.3) is 0 Å². The van der Waals surface area contributed by atoms with E-state index in [0.29, 0.717) is 0 Å². The van der Waals surface area contributed by atoms with E-state index in [1.165, 1.54) is 0 Å². The van der Waals surface area contributed by atoms with Crippen LogP contribution in [0.2, 0.25) is 0 Å². The van der Waals surface area contributed by atoms with Crippen LogP contribution in [-0.4, -0.2) is 39.2 Å². The maximum Gasteiger partial charge on any atom is 1.00 e. The first-order valence-corrected chi connectivity index (χ1v) is 5.38. The van der Waals surface area contributed by atoms with Crippen molar-refractivity contribution in [3.8, 4) is 0 Å². The van der Waals surface area contributed by atoms with Crippen LogP contribution in [0.3, 0.4) is 0 Å². The molecule has 7 nitrogen and oxygen atoms in total. The van der Waals surface area contributed by atoms with Crippen LogP contribution in [0.15, 0.2) is 0 Å². The fourth-order valence-corrected chi connectivity index (χ4v) is 0.586. The molecule has 0 spiro atoms. The summed E-state index contributed by atoms with van der Waals surface area (Å²) in [6, 6.07) is 0. The molecule has 0 fully saturated rings. The summed E-state index contributed by atoms with van der Waals surface area (Å²) in [5.41, 5.74) is 5.35. The van der Waals surface area contributed by atoms with Gasteiger partial charge in [-0.3, -0.25) is 14.4 Å². The minimum Gasteiger partial charge on any atom is -0.625 e. The van der Waals surface area contributed by atoms with Crippen molar-refractivity contribution in [3.05, 3.63) is 0 Å². The number of rotatable bonds is 3. The zero-order chi connectivity index (χ0) is 14.9. The predicted molar refractivity (Wildman–Crippen MR) is 72.1 cm³/mol. The molecule has 0 aliphatic heterocycles. The third kappa shape index (κ3) is 36.0. The van der Waals surface area contributed by atoms with E-state index in [1.807, 2.05) is 20.8 Å². The van der Waals surface area contributed by atoms with Gasteiger partial charge in [0, 0.05) is 34.7 Å². The maximum absolute atomic E-state index is 10.4. The molecule has 3 radical (unpaired) electrons. The van der Waals surface area contributed by atoms with E-state index in [0.717, 1.165) is 20.8 Å². The molecule has 0 heterocycles. The monoisotopic (exact) mass is 296 g/mol. The molecule has 109 valence electrons. The van der Waals surface area contributed by atoms with E-state index in [9.17, 15) is 14.4 Å². The van der Waals surface area contributed by atoms with E-state index in [1.54, 1.807) is 0 Å². The molecule has 0 aromatic carbocycles. The van der Waals surface area contributed by atoms with Crippen molar-refractivity contribution in [2.75, 3.05) is 0 Å². The van der Waals surface area contributed by atoms with E-state index in [4.69, 9.17) is 5.73 Å². The van der Waals surface area contributed by atoms with Crippen LogP contribution in [0.1, 0.15) is 41.5 Å². The van der Waals surface area contributed by atoms with Gasteiger partial charge < -0.3 is 19.7 Å². The zero-order valence-electron chi connectivity index (χ0n) is 13.3. The maximum atomic E-state index is 10.4. The van der Waals surface area contributed by atoms with Gasteiger partial charge in [-0.1, -0.05) is 0 Å².